The molecule has 0 aromatic heterocycles. The minimum absolute atomic E-state index is 0. The smallest absolute Gasteiger partial charge is 0.240 e. The second kappa shape index (κ2) is 7.52. The maximum atomic E-state index is 12.9. The number of hydrogen-bond donors (Lipinski definition) is 1. The highest BCUT2D eigenvalue weighted by Crippen LogP contribution is 2.38. The Labute approximate surface area is 137 Å². The molecule has 3 nitrogen and oxygen atoms in total. The van der Waals surface area contributed by atoms with Crippen LogP contribution in [0.5, 0.6) is 0 Å². The lowest BCUT2D eigenvalue weighted by Crippen LogP contribution is -2.48. The van der Waals surface area contributed by atoms with Crippen molar-refractivity contribution in [2.75, 3.05) is 25.9 Å². The maximum Gasteiger partial charge on any atom is 0.240 e. The summed E-state index contributed by atoms with van der Waals surface area (Å²) in [5.41, 5.74) is 2.59. The normalized spacial score (nSPS) is 24.9. The summed E-state index contributed by atoms with van der Waals surface area (Å²) in [7, 11) is 1.99. The molecule has 0 spiro atoms. The Balaban J connectivity index is 0.00000161. The predicted molar refractivity (Wildman–Crippen MR) is 91.3 cm³/mol. The van der Waals surface area contributed by atoms with E-state index in [-0.39, 0.29) is 17.7 Å². The van der Waals surface area contributed by atoms with Crippen molar-refractivity contribution >= 4 is 30.1 Å². The average molecular weight is 327 g/mol. The first-order chi connectivity index (χ1) is 9.79. The summed E-state index contributed by atoms with van der Waals surface area (Å²) < 4.78 is 0. The monoisotopic (exact) mass is 326 g/mol. The molecule has 2 heterocycles. The van der Waals surface area contributed by atoms with Gasteiger partial charge in [0.05, 0.1) is 0 Å². The van der Waals surface area contributed by atoms with Gasteiger partial charge >= 0.3 is 0 Å². The molecule has 2 aliphatic rings. The predicted octanol–water partition coefficient (Wildman–Crippen LogP) is 2.65. The van der Waals surface area contributed by atoms with E-state index in [1.165, 1.54) is 17.5 Å². The number of fused-ring (bicyclic) bond motifs is 1. The van der Waals surface area contributed by atoms with E-state index in [4.69, 9.17) is 0 Å². The van der Waals surface area contributed by atoms with E-state index in [1.54, 1.807) is 11.8 Å². The van der Waals surface area contributed by atoms with Crippen molar-refractivity contribution in [3.05, 3.63) is 35.4 Å². The molecular weight excluding hydrogens is 304 g/mol. The SMILES string of the molecule is CNC1CCCN(C(=O)C2SCCc3ccccc32)C1.Cl. The molecule has 5 heteroatoms. The molecule has 0 aliphatic carbocycles. The molecule has 1 amide bonds. The van der Waals surface area contributed by atoms with Gasteiger partial charge in [0.25, 0.3) is 0 Å². The van der Waals surface area contributed by atoms with E-state index in [2.05, 4.69) is 34.5 Å². The largest absolute Gasteiger partial charge is 0.340 e. The molecule has 1 aromatic carbocycles. The van der Waals surface area contributed by atoms with Gasteiger partial charge in [-0.3, -0.25) is 4.79 Å². The van der Waals surface area contributed by atoms with Crippen LogP contribution in [-0.2, 0) is 11.2 Å². The Kier molecular flexibility index (Phi) is 5.97. The standard InChI is InChI=1S/C16H22N2OS.ClH/c1-17-13-6-4-9-18(11-13)16(19)15-14-7-3-2-5-12(14)8-10-20-15;/h2-3,5,7,13,15,17H,4,6,8-11H2,1H3;1H. The first-order valence-electron chi connectivity index (χ1n) is 7.45. The molecule has 1 saturated heterocycles. The van der Waals surface area contributed by atoms with Gasteiger partial charge in [-0.2, -0.15) is 0 Å². The van der Waals surface area contributed by atoms with Crippen molar-refractivity contribution in [2.45, 2.75) is 30.6 Å². The summed E-state index contributed by atoms with van der Waals surface area (Å²) >= 11 is 1.80. The number of nitrogens with one attached hydrogen (secondary N) is 1. The van der Waals surface area contributed by atoms with Crippen LogP contribution in [0.1, 0.15) is 29.2 Å². The van der Waals surface area contributed by atoms with Gasteiger partial charge < -0.3 is 10.2 Å². The van der Waals surface area contributed by atoms with E-state index in [1.807, 2.05) is 7.05 Å². The highest BCUT2D eigenvalue weighted by atomic mass is 35.5. The third-order valence-corrected chi connectivity index (χ3v) is 5.59. The number of rotatable bonds is 2. The van der Waals surface area contributed by atoms with Crippen molar-refractivity contribution < 1.29 is 4.79 Å². The molecule has 0 bridgehead atoms. The van der Waals surface area contributed by atoms with Crippen LogP contribution in [-0.4, -0.2) is 42.7 Å². The number of benzene rings is 1. The van der Waals surface area contributed by atoms with E-state index in [0.717, 1.165) is 31.7 Å². The van der Waals surface area contributed by atoms with E-state index in [0.29, 0.717) is 11.9 Å². The van der Waals surface area contributed by atoms with Gasteiger partial charge in [0.15, 0.2) is 0 Å². The van der Waals surface area contributed by atoms with Crippen LogP contribution in [0.2, 0.25) is 0 Å². The van der Waals surface area contributed by atoms with Crippen LogP contribution in [0.15, 0.2) is 24.3 Å². The van der Waals surface area contributed by atoms with Gasteiger partial charge in [0.2, 0.25) is 5.91 Å². The number of likely N-dealkylation sites (tertiary alicyclic amines) is 1. The number of thioether (sulfide) groups is 1. The van der Waals surface area contributed by atoms with Gasteiger partial charge in [-0.15, -0.1) is 24.2 Å². The number of hydrogen-bond acceptors (Lipinski definition) is 3. The minimum atomic E-state index is 0. The average Bonchev–Trinajstić information content (AvgIpc) is 2.53. The molecule has 0 radical (unpaired) electrons. The van der Waals surface area contributed by atoms with Gasteiger partial charge in [0.1, 0.15) is 5.25 Å². The molecule has 1 aromatic rings. The Morgan fingerprint density at radius 2 is 2.19 bits per heavy atom. The van der Waals surface area contributed by atoms with Crippen LogP contribution in [0, 0.1) is 0 Å². The van der Waals surface area contributed by atoms with Crippen molar-refractivity contribution in [1.82, 2.24) is 10.2 Å². The Morgan fingerprint density at radius 3 is 3.00 bits per heavy atom. The second-order valence-corrected chi connectivity index (χ2v) is 6.82. The van der Waals surface area contributed by atoms with Crippen molar-refractivity contribution in [3.8, 4) is 0 Å². The van der Waals surface area contributed by atoms with Gasteiger partial charge in [-0.25, -0.2) is 0 Å². The van der Waals surface area contributed by atoms with Crippen LogP contribution in [0.3, 0.4) is 0 Å². The molecule has 1 fully saturated rings. The molecule has 116 valence electrons. The van der Waals surface area contributed by atoms with Gasteiger partial charge in [0, 0.05) is 19.1 Å². The fourth-order valence-electron chi connectivity index (χ4n) is 3.18. The summed E-state index contributed by atoms with van der Waals surface area (Å²) in [6, 6.07) is 8.88. The Bertz CT molecular complexity index is 497. The molecule has 2 aliphatic heterocycles. The lowest BCUT2D eigenvalue weighted by Gasteiger charge is -2.36. The van der Waals surface area contributed by atoms with E-state index >= 15 is 0 Å². The number of aryl methyl sites for hydroxylation is 1. The first-order valence-corrected chi connectivity index (χ1v) is 8.50. The second-order valence-electron chi connectivity index (χ2n) is 5.61. The van der Waals surface area contributed by atoms with Crippen LogP contribution in [0.4, 0.5) is 0 Å². The number of carbonyl (C=O) groups is 1. The van der Waals surface area contributed by atoms with Gasteiger partial charge in [-0.1, -0.05) is 24.3 Å². The first kappa shape index (κ1) is 16.7. The Morgan fingerprint density at radius 1 is 1.38 bits per heavy atom. The quantitative estimate of drug-likeness (QED) is 0.907. The number of amides is 1. The summed E-state index contributed by atoms with van der Waals surface area (Å²) in [4.78, 5) is 14.9. The van der Waals surface area contributed by atoms with Crippen LogP contribution >= 0.6 is 24.2 Å². The molecule has 2 atom stereocenters. The number of carbonyl (C=O) groups excluding carboxylic acids is 1. The summed E-state index contributed by atoms with van der Waals surface area (Å²) in [6.45, 7) is 1.77. The minimum Gasteiger partial charge on any atom is -0.340 e. The van der Waals surface area contributed by atoms with Crippen molar-refractivity contribution in [3.63, 3.8) is 0 Å². The number of nitrogens with zero attached hydrogens (tertiary/aromatic N) is 1. The van der Waals surface area contributed by atoms with Crippen LogP contribution in [0.25, 0.3) is 0 Å². The topological polar surface area (TPSA) is 32.3 Å². The van der Waals surface area contributed by atoms with Crippen molar-refractivity contribution in [2.24, 2.45) is 0 Å². The maximum absolute atomic E-state index is 12.9. The zero-order chi connectivity index (χ0) is 13.9. The molecule has 3 rings (SSSR count). The summed E-state index contributed by atoms with van der Waals surface area (Å²) in [6.07, 6.45) is 3.37. The third-order valence-electron chi connectivity index (χ3n) is 4.36. The zero-order valence-electron chi connectivity index (χ0n) is 12.4. The number of piperidine rings is 1. The fraction of sp³-hybridized carbons (Fsp3) is 0.562. The van der Waals surface area contributed by atoms with E-state index < -0.39 is 0 Å². The lowest BCUT2D eigenvalue weighted by atomic mass is 9.99. The summed E-state index contributed by atoms with van der Waals surface area (Å²) in [5, 5.41) is 3.32. The van der Waals surface area contributed by atoms with Gasteiger partial charge in [-0.05, 0) is 43.2 Å². The highest BCUT2D eigenvalue weighted by molar-refractivity contribution is 8.00. The molecule has 1 N–H and O–H groups in total. The zero-order valence-corrected chi connectivity index (χ0v) is 14.0. The fourth-order valence-corrected chi connectivity index (χ4v) is 4.45. The lowest BCUT2D eigenvalue weighted by molar-refractivity contribution is -0.132. The summed E-state index contributed by atoms with van der Waals surface area (Å²) in [5.74, 6) is 1.36. The molecular formula is C16H23ClN2OS. The molecule has 21 heavy (non-hydrogen) atoms. The number of likely N-dealkylation sites (N-methyl/N-ethyl adjacent to an activating group) is 1. The molecule has 2 unspecified atom stereocenters. The molecule has 0 saturated carbocycles. The number of halogens is 1. The Hall–Kier alpha value is -0.710. The third kappa shape index (κ3) is 3.55. The highest BCUT2D eigenvalue weighted by Gasteiger charge is 2.32. The van der Waals surface area contributed by atoms with Crippen LogP contribution < -0.4 is 5.32 Å². The van der Waals surface area contributed by atoms with E-state index in [9.17, 15) is 4.79 Å². The van der Waals surface area contributed by atoms with Crippen molar-refractivity contribution in [1.29, 1.82) is 0 Å².